The third kappa shape index (κ3) is 6.79. The van der Waals surface area contributed by atoms with Gasteiger partial charge in [0.2, 0.25) is 5.91 Å². The molecule has 0 aliphatic carbocycles. The summed E-state index contributed by atoms with van der Waals surface area (Å²) in [5.74, 6) is 0.170. The number of aromatic nitrogens is 1. The second-order valence-corrected chi connectivity index (χ2v) is 10.4. The van der Waals surface area contributed by atoms with Crippen molar-refractivity contribution in [1.82, 2.24) is 9.88 Å². The molecule has 1 unspecified atom stereocenters. The first kappa shape index (κ1) is 26.9. The molecule has 6 heteroatoms. The summed E-state index contributed by atoms with van der Waals surface area (Å²) < 4.78 is 0. The SMILES string of the molecule is CCCCCCCCCCCCCC(=O)N1CCc2c([nH]c3ccccc23)C1c1ccc([N+](=O)[O-])cc1. The lowest BCUT2D eigenvalue weighted by Crippen LogP contribution is -2.40. The summed E-state index contributed by atoms with van der Waals surface area (Å²) >= 11 is 0. The fourth-order valence-corrected chi connectivity index (χ4v) is 5.72. The van der Waals surface area contributed by atoms with Crippen LogP contribution in [0.25, 0.3) is 10.9 Å². The molecular formula is C31H41N3O3. The molecule has 198 valence electrons. The van der Waals surface area contributed by atoms with Gasteiger partial charge < -0.3 is 9.88 Å². The van der Waals surface area contributed by atoms with Gasteiger partial charge in [0.1, 0.15) is 0 Å². The number of rotatable bonds is 14. The van der Waals surface area contributed by atoms with Gasteiger partial charge in [-0.15, -0.1) is 0 Å². The van der Waals surface area contributed by atoms with Crippen molar-refractivity contribution in [3.63, 3.8) is 0 Å². The van der Waals surface area contributed by atoms with Crippen molar-refractivity contribution in [2.45, 2.75) is 96.4 Å². The fourth-order valence-electron chi connectivity index (χ4n) is 5.72. The van der Waals surface area contributed by atoms with Gasteiger partial charge in [-0.1, -0.05) is 89.3 Å². The summed E-state index contributed by atoms with van der Waals surface area (Å²) in [6.07, 6.45) is 15.2. The molecule has 0 saturated heterocycles. The first-order valence-electron chi connectivity index (χ1n) is 14.2. The number of nitro benzene ring substituents is 1. The number of hydrogen-bond acceptors (Lipinski definition) is 3. The van der Waals surface area contributed by atoms with E-state index in [0.29, 0.717) is 13.0 Å². The Morgan fingerprint density at radius 1 is 0.919 bits per heavy atom. The molecule has 1 aliphatic rings. The van der Waals surface area contributed by atoms with Gasteiger partial charge in [0.25, 0.3) is 5.69 Å². The number of carbonyl (C=O) groups is 1. The van der Waals surface area contributed by atoms with Crippen molar-refractivity contribution in [3.05, 3.63) is 75.5 Å². The number of nitrogens with zero attached hydrogens (tertiary/aromatic N) is 2. The van der Waals surface area contributed by atoms with Gasteiger partial charge in [-0.3, -0.25) is 14.9 Å². The maximum atomic E-state index is 13.4. The smallest absolute Gasteiger partial charge is 0.269 e. The average Bonchev–Trinajstić information content (AvgIpc) is 3.30. The zero-order valence-corrected chi connectivity index (χ0v) is 22.2. The molecule has 1 N–H and O–H groups in total. The van der Waals surface area contributed by atoms with E-state index in [9.17, 15) is 14.9 Å². The lowest BCUT2D eigenvalue weighted by molar-refractivity contribution is -0.384. The van der Waals surface area contributed by atoms with Crippen LogP contribution in [0.4, 0.5) is 5.69 Å². The molecule has 3 aromatic rings. The first-order chi connectivity index (χ1) is 18.1. The summed E-state index contributed by atoms with van der Waals surface area (Å²) in [6.45, 7) is 2.92. The van der Waals surface area contributed by atoms with Gasteiger partial charge in [0.15, 0.2) is 0 Å². The Morgan fingerprint density at radius 2 is 1.54 bits per heavy atom. The van der Waals surface area contributed by atoms with Crippen LogP contribution in [0.2, 0.25) is 0 Å². The van der Waals surface area contributed by atoms with Crippen molar-refractivity contribution in [1.29, 1.82) is 0 Å². The molecular weight excluding hydrogens is 462 g/mol. The van der Waals surface area contributed by atoms with Crippen molar-refractivity contribution >= 4 is 22.5 Å². The third-order valence-electron chi connectivity index (χ3n) is 7.77. The maximum absolute atomic E-state index is 13.4. The minimum absolute atomic E-state index is 0.0651. The van der Waals surface area contributed by atoms with Crippen molar-refractivity contribution in [2.24, 2.45) is 0 Å². The van der Waals surface area contributed by atoms with Crippen LogP contribution < -0.4 is 0 Å². The zero-order valence-electron chi connectivity index (χ0n) is 22.2. The molecule has 4 rings (SSSR count). The molecule has 1 aliphatic heterocycles. The van der Waals surface area contributed by atoms with Crippen LogP contribution in [0.1, 0.15) is 107 Å². The van der Waals surface area contributed by atoms with E-state index in [0.717, 1.165) is 36.0 Å². The lowest BCUT2D eigenvalue weighted by Gasteiger charge is -2.36. The Bertz CT molecular complexity index is 1170. The number of hydrogen-bond donors (Lipinski definition) is 1. The number of fused-ring (bicyclic) bond motifs is 3. The molecule has 1 amide bonds. The van der Waals surface area contributed by atoms with Crippen LogP contribution in [0, 0.1) is 10.1 Å². The summed E-state index contributed by atoms with van der Waals surface area (Å²) in [4.78, 5) is 29.8. The van der Waals surface area contributed by atoms with Crippen molar-refractivity contribution in [3.8, 4) is 0 Å². The summed E-state index contributed by atoms with van der Waals surface area (Å²) in [5, 5.41) is 12.4. The van der Waals surface area contributed by atoms with Crippen molar-refractivity contribution in [2.75, 3.05) is 6.54 Å². The number of carbonyl (C=O) groups excluding carboxylic acids is 1. The molecule has 1 atom stereocenters. The van der Waals surface area contributed by atoms with Gasteiger partial charge in [-0.25, -0.2) is 0 Å². The van der Waals surface area contributed by atoms with E-state index in [-0.39, 0.29) is 22.6 Å². The molecule has 0 fully saturated rings. The van der Waals surface area contributed by atoms with E-state index in [2.05, 4.69) is 24.0 Å². The van der Waals surface area contributed by atoms with Crippen LogP contribution in [-0.2, 0) is 11.2 Å². The Hall–Kier alpha value is -3.15. The second kappa shape index (κ2) is 13.4. The highest BCUT2D eigenvalue weighted by Gasteiger charge is 2.34. The lowest BCUT2D eigenvalue weighted by atomic mass is 9.91. The molecule has 6 nitrogen and oxygen atoms in total. The summed E-state index contributed by atoms with van der Waals surface area (Å²) in [5.41, 5.74) is 4.33. The fraction of sp³-hybridized carbons (Fsp3) is 0.516. The normalized spacial score (nSPS) is 15.2. The van der Waals surface area contributed by atoms with Crippen LogP contribution in [0.15, 0.2) is 48.5 Å². The monoisotopic (exact) mass is 503 g/mol. The molecule has 37 heavy (non-hydrogen) atoms. The van der Waals surface area contributed by atoms with Crippen molar-refractivity contribution < 1.29 is 9.72 Å². The number of amides is 1. The number of unbranched alkanes of at least 4 members (excludes halogenated alkanes) is 10. The first-order valence-corrected chi connectivity index (χ1v) is 14.2. The summed E-state index contributed by atoms with van der Waals surface area (Å²) in [7, 11) is 0. The molecule has 0 spiro atoms. The van der Waals surface area contributed by atoms with E-state index < -0.39 is 0 Å². The van der Waals surface area contributed by atoms with Gasteiger partial charge in [0.05, 0.1) is 11.0 Å². The Kier molecular flexibility index (Phi) is 9.75. The average molecular weight is 504 g/mol. The maximum Gasteiger partial charge on any atom is 0.269 e. The van der Waals surface area contributed by atoms with Crippen LogP contribution in [0.5, 0.6) is 0 Å². The van der Waals surface area contributed by atoms with Gasteiger partial charge >= 0.3 is 0 Å². The topological polar surface area (TPSA) is 79.2 Å². The highest BCUT2D eigenvalue weighted by molar-refractivity contribution is 5.86. The minimum atomic E-state index is -0.381. The quantitative estimate of drug-likeness (QED) is 0.137. The molecule has 2 heterocycles. The minimum Gasteiger partial charge on any atom is -0.356 e. The van der Waals surface area contributed by atoms with Crippen LogP contribution in [-0.4, -0.2) is 27.3 Å². The summed E-state index contributed by atoms with van der Waals surface area (Å²) in [6, 6.07) is 14.7. The van der Waals surface area contributed by atoms with E-state index in [1.807, 2.05) is 17.0 Å². The molecule has 2 aromatic carbocycles. The van der Waals surface area contributed by atoms with E-state index in [1.165, 1.54) is 68.7 Å². The molecule has 0 radical (unpaired) electrons. The number of nitro groups is 1. The van der Waals surface area contributed by atoms with E-state index in [4.69, 9.17) is 0 Å². The van der Waals surface area contributed by atoms with Crippen LogP contribution >= 0.6 is 0 Å². The number of nitrogens with one attached hydrogen (secondary N) is 1. The largest absolute Gasteiger partial charge is 0.356 e. The highest BCUT2D eigenvalue weighted by atomic mass is 16.6. The van der Waals surface area contributed by atoms with Gasteiger partial charge in [-0.2, -0.15) is 0 Å². The Morgan fingerprint density at radius 3 is 2.19 bits per heavy atom. The Labute approximate surface area is 220 Å². The van der Waals surface area contributed by atoms with Gasteiger partial charge in [0, 0.05) is 41.7 Å². The standard InChI is InChI=1S/C31H41N3O3/c1-2-3-4-5-6-7-8-9-10-11-12-17-29(35)33-23-22-27-26-15-13-14-16-28(26)32-30(27)31(33)24-18-20-25(21-19-24)34(36)37/h13-16,18-21,31-32H,2-12,17,22-23H2,1H3. The number of para-hydroxylation sites is 1. The predicted octanol–water partition coefficient (Wildman–Crippen LogP) is 8.25. The number of aromatic amines is 1. The van der Waals surface area contributed by atoms with Crippen LogP contribution in [0.3, 0.4) is 0 Å². The third-order valence-corrected chi connectivity index (χ3v) is 7.77. The predicted molar refractivity (Wildman–Crippen MR) is 150 cm³/mol. The second-order valence-electron chi connectivity index (χ2n) is 10.4. The molecule has 0 bridgehead atoms. The molecule has 0 saturated carbocycles. The number of benzene rings is 2. The van der Waals surface area contributed by atoms with E-state index >= 15 is 0 Å². The molecule has 1 aromatic heterocycles. The number of non-ortho nitro benzene ring substituents is 1. The van der Waals surface area contributed by atoms with Gasteiger partial charge in [-0.05, 0) is 42.2 Å². The van der Waals surface area contributed by atoms with E-state index in [1.54, 1.807) is 24.3 Å². The number of H-pyrrole nitrogens is 1. The Balaban J connectivity index is 1.37. The highest BCUT2D eigenvalue weighted by Crippen LogP contribution is 2.39. The zero-order chi connectivity index (χ0) is 26.0.